The molecule has 0 saturated heterocycles. The van der Waals surface area contributed by atoms with Gasteiger partial charge in [0.05, 0.1) is 5.69 Å². The number of hydrogen-bond donors (Lipinski definition) is 1. The Bertz CT molecular complexity index is 500. The summed E-state index contributed by atoms with van der Waals surface area (Å²) in [5.41, 5.74) is -5.12. The molecule has 0 aliphatic heterocycles. The Hall–Kier alpha value is -0.890. The molecule has 1 aromatic carbocycles. The van der Waals surface area contributed by atoms with Crippen molar-refractivity contribution in [3.8, 4) is 0 Å². The number of thioether (sulfide) groups is 1. The number of rotatable bonds is 2. The van der Waals surface area contributed by atoms with Crippen LogP contribution in [-0.2, 0) is 4.74 Å². The summed E-state index contributed by atoms with van der Waals surface area (Å²) < 4.78 is 42.9. The van der Waals surface area contributed by atoms with Gasteiger partial charge in [0.15, 0.2) is 0 Å². The molecule has 112 valence electrons. The van der Waals surface area contributed by atoms with E-state index in [9.17, 15) is 18.0 Å². The predicted octanol–water partition coefficient (Wildman–Crippen LogP) is 5.41. The van der Waals surface area contributed by atoms with E-state index >= 15 is 0 Å². The Kier molecular flexibility index (Phi) is 5.37. The van der Waals surface area contributed by atoms with E-state index in [2.05, 4.69) is 21.2 Å². The molecule has 0 spiro atoms. The Morgan fingerprint density at radius 1 is 1.30 bits per heavy atom. The quantitative estimate of drug-likeness (QED) is 0.706. The summed E-state index contributed by atoms with van der Waals surface area (Å²) in [6, 6.07) is 4.19. The molecule has 8 heteroatoms. The van der Waals surface area contributed by atoms with Crippen LogP contribution in [0.4, 0.5) is 23.7 Å². The van der Waals surface area contributed by atoms with Gasteiger partial charge in [0.2, 0.25) is 0 Å². The zero-order chi connectivity index (χ0) is 15.6. The molecule has 0 unspecified atom stereocenters. The number of benzene rings is 1. The van der Waals surface area contributed by atoms with Gasteiger partial charge in [0, 0.05) is 9.37 Å². The molecule has 0 aliphatic rings. The summed E-state index contributed by atoms with van der Waals surface area (Å²) in [7, 11) is 0. The summed E-state index contributed by atoms with van der Waals surface area (Å²) in [6.07, 6.45) is -0.802. The van der Waals surface area contributed by atoms with E-state index in [1.165, 1.54) is 18.2 Å². The molecule has 0 aliphatic carbocycles. The number of anilines is 1. The SMILES string of the molecule is CC(C)(C)OC(=O)Nc1ccc(Br)cc1SC(F)(F)F. The van der Waals surface area contributed by atoms with Crippen molar-refractivity contribution in [3.63, 3.8) is 0 Å². The fourth-order valence-corrected chi connectivity index (χ4v) is 2.40. The second-order valence-electron chi connectivity index (χ2n) is 4.82. The molecule has 20 heavy (non-hydrogen) atoms. The van der Waals surface area contributed by atoms with Gasteiger partial charge in [-0.3, -0.25) is 5.32 Å². The number of amides is 1. The maximum atomic E-state index is 12.5. The van der Waals surface area contributed by atoms with Crippen molar-refractivity contribution in [3.05, 3.63) is 22.7 Å². The molecule has 1 rings (SSSR count). The van der Waals surface area contributed by atoms with Gasteiger partial charge in [-0.15, -0.1) is 0 Å². The van der Waals surface area contributed by atoms with Crippen molar-refractivity contribution in [2.24, 2.45) is 0 Å². The van der Waals surface area contributed by atoms with Gasteiger partial charge in [-0.25, -0.2) is 4.79 Å². The Morgan fingerprint density at radius 3 is 2.40 bits per heavy atom. The lowest BCUT2D eigenvalue weighted by Crippen LogP contribution is -2.27. The third-order valence-electron chi connectivity index (χ3n) is 1.80. The maximum Gasteiger partial charge on any atom is 0.446 e. The van der Waals surface area contributed by atoms with Gasteiger partial charge < -0.3 is 4.74 Å². The predicted molar refractivity (Wildman–Crippen MR) is 75.9 cm³/mol. The first-order valence-electron chi connectivity index (χ1n) is 5.51. The number of nitrogens with one attached hydrogen (secondary N) is 1. The number of ether oxygens (including phenoxy) is 1. The minimum atomic E-state index is -4.44. The van der Waals surface area contributed by atoms with E-state index in [1.54, 1.807) is 20.8 Å². The fraction of sp³-hybridized carbons (Fsp3) is 0.417. The Labute approximate surface area is 127 Å². The maximum absolute atomic E-state index is 12.5. The van der Waals surface area contributed by atoms with E-state index in [-0.39, 0.29) is 22.3 Å². The second kappa shape index (κ2) is 6.26. The molecule has 0 saturated carbocycles. The molecule has 3 nitrogen and oxygen atoms in total. The lowest BCUT2D eigenvalue weighted by atomic mass is 10.2. The van der Waals surface area contributed by atoms with Crippen molar-refractivity contribution >= 4 is 39.5 Å². The van der Waals surface area contributed by atoms with Crippen molar-refractivity contribution in [2.75, 3.05) is 5.32 Å². The molecule has 0 fully saturated rings. The van der Waals surface area contributed by atoms with E-state index in [0.29, 0.717) is 4.47 Å². The highest BCUT2D eigenvalue weighted by atomic mass is 79.9. The first-order chi connectivity index (χ1) is 8.96. The second-order valence-corrected chi connectivity index (χ2v) is 6.84. The van der Waals surface area contributed by atoms with Crippen molar-refractivity contribution in [1.82, 2.24) is 0 Å². The molecule has 0 heterocycles. The van der Waals surface area contributed by atoms with Gasteiger partial charge in [0.1, 0.15) is 5.60 Å². The average Bonchev–Trinajstić information content (AvgIpc) is 2.17. The van der Waals surface area contributed by atoms with Crippen LogP contribution in [0, 0.1) is 0 Å². The lowest BCUT2D eigenvalue weighted by molar-refractivity contribution is -0.0328. The van der Waals surface area contributed by atoms with Crippen molar-refractivity contribution in [1.29, 1.82) is 0 Å². The summed E-state index contributed by atoms with van der Waals surface area (Å²) in [4.78, 5) is 11.5. The van der Waals surface area contributed by atoms with E-state index in [1.807, 2.05) is 0 Å². The highest BCUT2D eigenvalue weighted by Gasteiger charge is 2.31. The molecule has 0 aromatic heterocycles. The largest absolute Gasteiger partial charge is 0.446 e. The normalized spacial score (nSPS) is 12.2. The van der Waals surface area contributed by atoms with E-state index < -0.39 is 17.2 Å². The molecule has 0 radical (unpaired) electrons. The first kappa shape index (κ1) is 17.2. The van der Waals surface area contributed by atoms with E-state index in [0.717, 1.165) is 0 Å². The molecular weight excluding hydrogens is 359 g/mol. The van der Waals surface area contributed by atoms with Crippen LogP contribution < -0.4 is 5.32 Å². The topological polar surface area (TPSA) is 38.3 Å². The highest BCUT2D eigenvalue weighted by molar-refractivity contribution is 9.10. The molecular formula is C12H13BrF3NO2S. The minimum Gasteiger partial charge on any atom is -0.444 e. The molecule has 0 bridgehead atoms. The van der Waals surface area contributed by atoms with Gasteiger partial charge in [-0.05, 0) is 50.7 Å². The van der Waals surface area contributed by atoms with Crippen LogP contribution in [0.2, 0.25) is 0 Å². The smallest absolute Gasteiger partial charge is 0.444 e. The van der Waals surface area contributed by atoms with E-state index in [4.69, 9.17) is 4.74 Å². The van der Waals surface area contributed by atoms with Crippen molar-refractivity contribution in [2.45, 2.75) is 36.8 Å². The van der Waals surface area contributed by atoms with Gasteiger partial charge in [0.25, 0.3) is 0 Å². The number of carbonyl (C=O) groups is 1. The van der Waals surface area contributed by atoms with Crippen LogP contribution >= 0.6 is 27.7 Å². The highest BCUT2D eigenvalue weighted by Crippen LogP contribution is 2.41. The monoisotopic (exact) mass is 371 g/mol. The van der Waals surface area contributed by atoms with Gasteiger partial charge in [-0.1, -0.05) is 15.9 Å². The lowest BCUT2D eigenvalue weighted by Gasteiger charge is -2.20. The summed E-state index contributed by atoms with van der Waals surface area (Å²) in [5, 5.41) is 2.31. The van der Waals surface area contributed by atoms with Crippen LogP contribution in [0.15, 0.2) is 27.6 Å². The first-order valence-corrected chi connectivity index (χ1v) is 7.12. The van der Waals surface area contributed by atoms with Crippen molar-refractivity contribution < 1.29 is 22.7 Å². The third-order valence-corrected chi connectivity index (χ3v) is 3.09. The number of hydrogen-bond acceptors (Lipinski definition) is 3. The molecule has 0 atom stereocenters. The summed E-state index contributed by atoms with van der Waals surface area (Å²) in [5.74, 6) is 0. The van der Waals surface area contributed by atoms with Crippen LogP contribution in [-0.4, -0.2) is 17.2 Å². The van der Waals surface area contributed by atoms with Crippen LogP contribution in [0.3, 0.4) is 0 Å². The number of alkyl halides is 3. The summed E-state index contributed by atoms with van der Waals surface area (Å²) >= 11 is 2.80. The Morgan fingerprint density at radius 2 is 1.90 bits per heavy atom. The van der Waals surface area contributed by atoms with Crippen LogP contribution in [0.25, 0.3) is 0 Å². The van der Waals surface area contributed by atoms with Gasteiger partial charge >= 0.3 is 11.6 Å². The fourth-order valence-electron chi connectivity index (χ4n) is 1.22. The van der Waals surface area contributed by atoms with Crippen LogP contribution in [0.5, 0.6) is 0 Å². The molecule has 1 amide bonds. The molecule has 1 N–H and O–H groups in total. The zero-order valence-electron chi connectivity index (χ0n) is 11.0. The standard InChI is InChI=1S/C12H13BrF3NO2S/c1-11(2,3)19-10(18)17-8-5-4-7(13)6-9(8)20-12(14,15)16/h4-6H,1-3H3,(H,17,18). The number of carbonyl (C=O) groups excluding carboxylic acids is 1. The van der Waals surface area contributed by atoms with Crippen LogP contribution in [0.1, 0.15) is 20.8 Å². The Balaban J connectivity index is 2.92. The zero-order valence-corrected chi connectivity index (χ0v) is 13.4. The minimum absolute atomic E-state index is 0.0461. The third kappa shape index (κ3) is 6.51. The average molecular weight is 372 g/mol. The van der Waals surface area contributed by atoms with Gasteiger partial charge in [-0.2, -0.15) is 13.2 Å². The summed E-state index contributed by atoms with van der Waals surface area (Å²) in [6.45, 7) is 5.00. The number of halogens is 4. The molecule has 1 aromatic rings.